The van der Waals surface area contributed by atoms with Gasteiger partial charge in [-0.2, -0.15) is 4.73 Å². The quantitative estimate of drug-likeness (QED) is 0.509. The second-order valence-electron chi connectivity index (χ2n) is 7.46. The number of para-hydroxylation sites is 1. The first-order chi connectivity index (χ1) is 14.7. The predicted octanol–water partition coefficient (Wildman–Crippen LogP) is 2.57. The van der Waals surface area contributed by atoms with Gasteiger partial charge in [0.2, 0.25) is 0 Å². The predicted molar refractivity (Wildman–Crippen MR) is 117 cm³/mol. The summed E-state index contributed by atoms with van der Waals surface area (Å²) < 4.78 is 0.591. The number of hydrogen-bond acceptors (Lipinski definition) is 4. The lowest BCUT2D eigenvalue weighted by Crippen LogP contribution is -2.46. The first kappa shape index (κ1) is 19.9. The highest BCUT2D eigenvalue weighted by Gasteiger charge is 2.19. The monoisotopic (exact) mass is 402 g/mol. The van der Waals surface area contributed by atoms with Crippen LogP contribution in [0.1, 0.15) is 21.6 Å². The number of piperazine rings is 1. The van der Waals surface area contributed by atoms with Gasteiger partial charge in [0.15, 0.2) is 6.20 Å². The number of pyridine rings is 1. The van der Waals surface area contributed by atoms with Crippen LogP contribution >= 0.6 is 0 Å². The van der Waals surface area contributed by atoms with E-state index in [1.54, 1.807) is 12.1 Å². The van der Waals surface area contributed by atoms with E-state index < -0.39 is 0 Å². The highest BCUT2D eigenvalue weighted by molar-refractivity contribution is 5.90. The number of amides is 1. The molecule has 0 aliphatic carbocycles. The summed E-state index contributed by atoms with van der Waals surface area (Å²) in [5, 5.41) is 14.7. The zero-order chi connectivity index (χ0) is 20.8. The summed E-state index contributed by atoms with van der Waals surface area (Å²) in [6.07, 6.45) is 1.33. The van der Waals surface area contributed by atoms with Crippen molar-refractivity contribution in [2.75, 3.05) is 31.1 Å². The molecular formula is C24H26N4O2. The van der Waals surface area contributed by atoms with Crippen molar-refractivity contribution >= 4 is 11.6 Å². The number of benzene rings is 2. The van der Waals surface area contributed by atoms with Gasteiger partial charge in [-0.25, -0.2) is 0 Å². The first-order valence-electron chi connectivity index (χ1n) is 10.3. The Kier molecular flexibility index (Phi) is 6.25. The van der Waals surface area contributed by atoms with Gasteiger partial charge in [0.05, 0.1) is 0 Å². The summed E-state index contributed by atoms with van der Waals surface area (Å²) in [7, 11) is 0. The molecule has 30 heavy (non-hydrogen) atoms. The van der Waals surface area contributed by atoms with E-state index in [0.29, 0.717) is 11.3 Å². The minimum Gasteiger partial charge on any atom is -0.618 e. The van der Waals surface area contributed by atoms with E-state index in [0.717, 1.165) is 38.3 Å². The molecule has 0 atom stereocenters. The van der Waals surface area contributed by atoms with Crippen molar-refractivity contribution in [1.82, 2.24) is 10.2 Å². The number of nitrogens with one attached hydrogen (secondary N) is 1. The van der Waals surface area contributed by atoms with Crippen molar-refractivity contribution in [2.45, 2.75) is 13.1 Å². The van der Waals surface area contributed by atoms with Crippen molar-refractivity contribution in [2.24, 2.45) is 0 Å². The smallest absolute Gasteiger partial charge is 0.317 e. The topological polar surface area (TPSA) is 62.5 Å². The van der Waals surface area contributed by atoms with E-state index in [1.165, 1.54) is 23.5 Å². The third kappa shape index (κ3) is 4.78. The fourth-order valence-electron chi connectivity index (χ4n) is 3.80. The number of carbonyl (C=O) groups excluding carboxylic acids is 1. The number of carbonyl (C=O) groups is 1. The third-order valence-corrected chi connectivity index (χ3v) is 5.50. The van der Waals surface area contributed by atoms with Crippen molar-refractivity contribution in [1.29, 1.82) is 0 Å². The molecule has 3 aromatic rings. The van der Waals surface area contributed by atoms with Gasteiger partial charge in [-0.05, 0) is 29.3 Å². The number of anilines is 1. The Bertz CT molecular complexity index is 985. The summed E-state index contributed by atoms with van der Waals surface area (Å²) in [5.41, 5.74) is 3.66. The van der Waals surface area contributed by atoms with Gasteiger partial charge in [0.1, 0.15) is 0 Å². The molecule has 0 bridgehead atoms. The van der Waals surface area contributed by atoms with Gasteiger partial charge in [-0.15, -0.1) is 0 Å². The Balaban J connectivity index is 1.35. The van der Waals surface area contributed by atoms with Gasteiger partial charge in [-0.1, -0.05) is 42.5 Å². The summed E-state index contributed by atoms with van der Waals surface area (Å²) in [6.45, 7) is 5.24. The highest BCUT2D eigenvalue weighted by Crippen LogP contribution is 2.18. The average Bonchev–Trinajstić information content (AvgIpc) is 2.80. The Labute approximate surface area is 177 Å². The van der Waals surface area contributed by atoms with Crippen LogP contribution in [0.3, 0.4) is 0 Å². The van der Waals surface area contributed by atoms with E-state index in [1.807, 2.05) is 24.3 Å². The SMILES string of the molecule is O=C(NCc1ccccc1CN1CCN(c2ccccc2)CC1)c1cccc[n+]1[O-]. The van der Waals surface area contributed by atoms with Crippen LogP contribution in [0.25, 0.3) is 0 Å². The van der Waals surface area contributed by atoms with Crippen LogP contribution in [-0.2, 0) is 13.1 Å². The molecule has 4 rings (SSSR count). The Hall–Kier alpha value is -3.38. The van der Waals surface area contributed by atoms with E-state index in [2.05, 4.69) is 45.4 Å². The number of rotatable bonds is 6. The lowest BCUT2D eigenvalue weighted by atomic mass is 10.1. The molecule has 2 aromatic carbocycles. The maximum atomic E-state index is 12.4. The van der Waals surface area contributed by atoms with Crippen LogP contribution in [0.5, 0.6) is 0 Å². The molecule has 0 saturated carbocycles. The number of nitrogens with zero attached hydrogens (tertiary/aromatic N) is 3. The molecular weight excluding hydrogens is 376 g/mol. The summed E-state index contributed by atoms with van der Waals surface area (Å²) in [4.78, 5) is 17.2. The molecule has 0 unspecified atom stereocenters. The maximum Gasteiger partial charge on any atom is 0.317 e. The average molecular weight is 402 g/mol. The Morgan fingerprint density at radius 1 is 0.867 bits per heavy atom. The second-order valence-corrected chi connectivity index (χ2v) is 7.46. The molecule has 6 nitrogen and oxygen atoms in total. The summed E-state index contributed by atoms with van der Waals surface area (Å²) in [5.74, 6) is -0.364. The molecule has 1 aliphatic heterocycles. The normalized spacial score (nSPS) is 14.5. The van der Waals surface area contributed by atoms with Gasteiger partial charge in [0.25, 0.3) is 5.69 Å². The molecule has 1 amide bonds. The molecule has 1 aliphatic rings. The zero-order valence-corrected chi connectivity index (χ0v) is 16.9. The van der Waals surface area contributed by atoms with Gasteiger partial charge >= 0.3 is 5.91 Å². The van der Waals surface area contributed by atoms with Crippen LogP contribution in [0.4, 0.5) is 5.69 Å². The molecule has 6 heteroatoms. The van der Waals surface area contributed by atoms with Crippen molar-refractivity contribution in [3.8, 4) is 0 Å². The Morgan fingerprint density at radius 3 is 2.27 bits per heavy atom. The second kappa shape index (κ2) is 9.41. The Morgan fingerprint density at radius 2 is 1.53 bits per heavy atom. The van der Waals surface area contributed by atoms with Gasteiger partial charge in [-0.3, -0.25) is 9.69 Å². The van der Waals surface area contributed by atoms with E-state index >= 15 is 0 Å². The fourth-order valence-corrected chi connectivity index (χ4v) is 3.80. The maximum absolute atomic E-state index is 12.4. The van der Waals surface area contributed by atoms with Crippen molar-refractivity contribution in [3.05, 3.63) is 101 Å². The minimum absolute atomic E-state index is 0.104. The summed E-state index contributed by atoms with van der Waals surface area (Å²) in [6, 6.07) is 23.5. The van der Waals surface area contributed by atoms with Crippen molar-refractivity contribution < 1.29 is 9.52 Å². The minimum atomic E-state index is -0.364. The van der Waals surface area contributed by atoms with Crippen LogP contribution in [-0.4, -0.2) is 37.0 Å². The summed E-state index contributed by atoms with van der Waals surface area (Å²) >= 11 is 0. The van der Waals surface area contributed by atoms with E-state index in [4.69, 9.17) is 0 Å². The first-order valence-corrected chi connectivity index (χ1v) is 10.3. The fraction of sp³-hybridized carbons (Fsp3) is 0.250. The molecule has 154 valence electrons. The highest BCUT2D eigenvalue weighted by atomic mass is 16.5. The van der Waals surface area contributed by atoms with Crippen molar-refractivity contribution in [3.63, 3.8) is 0 Å². The lowest BCUT2D eigenvalue weighted by Gasteiger charge is -2.36. The molecule has 2 heterocycles. The molecule has 1 fully saturated rings. The molecule has 0 spiro atoms. The lowest BCUT2D eigenvalue weighted by molar-refractivity contribution is -0.607. The van der Waals surface area contributed by atoms with E-state index in [9.17, 15) is 10.0 Å². The largest absolute Gasteiger partial charge is 0.618 e. The molecule has 1 saturated heterocycles. The van der Waals surface area contributed by atoms with Crippen LogP contribution in [0, 0.1) is 5.21 Å². The zero-order valence-electron chi connectivity index (χ0n) is 16.9. The van der Waals surface area contributed by atoms with Gasteiger partial charge < -0.3 is 15.4 Å². The van der Waals surface area contributed by atoms with Crippen LogP contribution in [0.2, 0.25) is 0 Å². The van der Waals surface area contributed by atoms with Crippen LogP contribution < -0.4 is 14.9 Å². The molecule has 1 aromatic heterocycles. The number of aromatic nitrogens is 1. The standard InChI is InChI=1S/C24H26N4O2/c29-24(23-12-6-7-13-28(23)30)25-18-20-8-4-5-9-21(20)19-26-14-16-27(17-15-26)22-10-2-1-3-11-22/h1-13H,14-19H2,(H,25,29). The van der Waals surface area contributed by atoms with E-state index in [-0.39, 0.29) is 11.6 Å². The molecule has 0 radical (unpaired) electrons. The number of hydrogen-bond donors (Lipinski definition) is 1. The third-order valence-electron chi connectivity index (χ3n) is 5.50. The van der Waals surface area contributed by atoms with Crippen LogP contribution in [0.15, 0.2) is 79.0 Å². The molecule has 1 N–H and O–H groups in total. The van der Waals surface area contributed by atoms with Gasteiger partial charge in [0, 0.05) is 57.1 Å².